The zero-order chi connectivity index (χ0) is 15.6. The number of carbonyl (C=O) groups excluding carboxylic acids is 1. The first-order chi connectivity index (χ1) is 9.96. The zero-order valence-corrected chi connectivity index (χ0v) is 13.3. The molecule has 2 rings (SSSR count). The lowest BCUT2D eigenvalue weighted by Gasteiger charge is -2.35. The smallest absolute Gasteiger partial charge is 0.254 e. The van der Waals surface area contributed by atoms with Gasteiger partial charge in [-0.15, -0.1) is 0 Å². The highest BCUT2D eigenvalue weighted by molar-refractivity contribution is 5.95. The Balaban J connectivity index is 2.30. The minimum absolute atomic E-state index is 0.0198. The van der Waals surface area contributed by atoms with E-state index in [1.807, 2.05) is 25.7 Å². The normalized spacial score (nSPS) is 22.0. The Morgan fingerprint density at radius 1 is 1.14 bits per heavy atom. The highest BCUT2D eigenvalue weighted by atomic mass is 16.5. The molecule has 1 aromatic carbocycles. The molecule has 2 unspecified atom stereocenters. The maximum absolute atomic E-state index is 12.7. The lowest BCUT2D eigenvalue weighted by Crippen LogP contribution is -2.48. The minimum Gasteiger partial charge on any atom is -0.496 e. The van der Waals surface area contributed by atoms with Gasteiger partial charge in [0.1, 0.15) is 11.5 Å². The summed E-state index contributed by atoms with van der Waals surface area (Å²) >= 11 is 0. The number of hydrogen-bond acceptors (Lipinski definition) is 4. The van der Waals surface area contributed by atoms with Crippen molar-refractivity contribution in [2.24, 2.45) is 0 Å². The zero-order valence-electron chi connectivity index (χ0n) is 13.3. The first kappa shape index (κ1) is 15.6. The number of ether oxygens (including phenoxy) is 3. The number of benzene rings is 1. The molecule has 0 aliphatic carbocycles. The topological polar surface area (TPSA) is 48.0 Å². The van der Waals surface area contributed by atoms with Crippen LogP contribution in [0.1, 0.15) is 29.8 Å². The molecule has 1 heterocycles. The SMILES string of the molecule is COc1cc(C(=O)N2CC(C)OC(C)C2)cc(OC)c1C. The van der Waals surface area contributed by atoms with Crippen LogP contribution >= 0.6 is 0 Å². The second kappa shape index (κ2) is 6.35. The van der Waals surface area contributed by atoms with Gasteiger partial charge in [0.2, 0.25) is 0 Å². The van der Waals surface area contributed by atoms with Gasteiger partial charge >= 0.3 is 0 Å². The monoisotopic (exact) mass is 293 g/mol. The summed E-state index contributed by atoms with van der Waals surface area (Å²) in [5, 5.41) is 0. The Hall–Kier alpha value is -1.75. The summed E-state index contributed by atoms with van der Waals surface area (Å²) < 4.78 is 16.3. The van der Waals surface area contributed by atoms with Gasteiger partial charge in [-0.25, -0.2) is 0 Å². The molecule has 5 nitrogen and oxygen atoms in total. The number of hydrogen-bond donors (Lipinski definition) is 0. The number of carbonyl (C=O) groups is 1. The second-order valence-corrected chi connectivity index (χ2v) is 5.47. The Bertz CT molecular complexity index is 494. The van der Waals surface area contributed by atoms with Crippen LogP contribution in [-0.2, 0) is 4.74 Å². The van der Waals surface area contributed by atoms with Crippen LogP contribution in [0.4, 0.5) is 0 Å². The van der Waals surface area contributed by atoms with E-state index in [4.69, 9.17) is 14.2 Å². The first-order valence-electron chi connectivity index (χ1n) is 7.13. The molecular formula is C16H23NO4. The molecule has 1 aliphatic heterocycles. The van der Waals surface area contributed by atoms with Gasteiger partial charge in [-0.1, -0.05) is 0 Å². The number of nitrogens with zero attached hydrogens (tertiary/aromatic N) is 1. The van der Waals surface area contributed by atoms with E-state index in [0.717, 1.165) is 5.56 Å². The average Bonchev–Trinajstić information content (AvgIpc) is 2.45. The lowest BCUT2D eigenvalue weighted by atomic mass is 10.1. The average molecular weight is 293 g/mol. The molecule has 1 fully saturated rings. The van der Waals surface area contributed by atoms with Crippen molar-refractivity contribution in [3.63, 3.8) is 0 Å². The molecule has 5 heteroatoms. The maximum Gasteiger partial charge on any atom is 0.254 e. The van der Waals surface area contributed by atoms with Crippen LogP contribution in [0.5, 0.6) is 11.5 Å². The van der Waals surface area contributed by atoms with Crippen molar-refractivity contribution in [2.75, 3.05) is 27.3 Å². The Morgan fingerprint density at radius 2 is 1.62 bits per heavy atom. The minimum atomic E-state index is -0.0198. The highest BCUT2D eigenvalue weighted by Crippen LogP contribution is 2.30. The number of morpholine rings is 1. The number of rotatable bonds is 3. The molecule has 1 saturated heterocycles. The van der Waals surface area contributed by atoms with Gasteiger partial charge in [0.05, 0.1) is 26.4 Å². The Morgan fingerprint density at radius 3 is 2.05 bits per heavy atom. The van der Waals surface area contributed by atoms with Gasteiger partial charge in [-0.05, 0) is 32.9 Å². The quantitative estimate of drug-likeness (QED) is 0.857. The molecule has 0 aromatic heterocycles. The summed E-state index contributed by atoms with van der Waals surface area (Å²) in [5.74, 6) is 1.30. The molecule has 21 heavy (non-hydrogen) atoms. The fourth-order valence-corrected chi connectivity index (χ4v) is 2.74. The van der Waals surface area contributed by atoms with Gasteiger partial charge in [-0.2, -0.15) is 0 Å². The van der Waals surface area contributed by atoms with Crippen molar-refractivity contribution in [1.82, 2.24) is 4.90 Å². The standard InChI is InChI=1S/C16H23NO4/c1-10-8-17(9-11(2)21-10)16(18)13-6-14(19-4)12(3)15(7-13)20-5/h6-7,10-11H,8-9H2,1-5H3. The van der Waals surface area contributed by atoms with Crippen molar-refractivity contribution in [2.45, 2.75) is 33.0 Å². The van der Waals surface area contributed by atoms with E-state index in [0.29, 0.717) is 30.2 Å². The van der Waals surface area contributed by atoms with Crippen LogP contribution < -0.4 is 9.47 Å². The van der Waals surface area contributed by atoms with Crippen LogP contribution in [0.2, 0.25) is 0 Å². The van der Waals surface area contributed by atoms with Gasteiger partial charge in [0, 0.05) is 24.2 Å². The predicted molar refractivity (Wildman–Crippen MR) is 80.2 cm³/mol. The van der Waals surface area contributed by atoms with E-state index in [2.05, 4.69) is 0 Å². The van der Waals surface area contributed by atoms with E-state index in [9.17, 15) is 4.79 Å². The highest BCUT2D eigenvalue weighted by Gasteiger charge is 2.27. The Kier molecular flexibility index (Phi) is 4.73. The molecule has 2 atom stereocenters. The van der Waals surface area contributed by atoms with Gasteiger partial charge in [0.25, 0.3) is 5.91 Å². The van der Waals surface area contributed by atoms with Gasteiger partial charge < -0.3 is 19.1 Å². The molecule has 1 aromatic rings. The van der Waals surface area contributed by atoms with E-state index >= 15 is 0 Å². The summed E-state index contributed by atoms with van der Waals surface area (Å²) in [7, 11) is 3.18. The van der Waals surface area contributed by atoms with E-state index < -0.39 is 0 Å². The summed E-state index contributed by atoms with van der Waals surface area (Å²) in [6, 6.07) is 3.54. The van der Waals surface area contributed by atoms with Crippen molar-refractivity contribution in [3.05, 3.63) is 23.3 Å². The van der Waals surface area contributed by atoms with Crippen molar-refractivity contribution in [3.8, 4) is 11.5 Å². The molecule has 0 bridgehead atoms. The van der Waals surface area contributed by atoms with Crippen LogP contribution in [0, 0.1) is 6.92 Å². The third-order valence-electron chi connectivity index (χ3n) is 3.71. The van der Waals surface area contributed by atoms with E-state index in [1.54, 1.807) is 26.4 Å². The van der Waals surface area contributed by atoms with Crippen molar-refractivity contribution >= 4 is 5.91 Å². The molecule has 0 N–H and O–H groups in total. The molecule has 0 radical (unpaired) electrons. The molecule has 0 spiro atoms. The van der Waals surface area contributed by atoms with E-state index in [1.165, 1.54) is 0 Å². The molecule has 116 valence electrons. The summed E-state index contributed by atoms with van der Waals surface area (Å²) in [6.45, 7) is 7.06. The summed E-state index contributed by atoms with van der Waals surface area (Å²) in [6.07, 6.45) is 0.0962. The molecule has 0 saturated carbocycles. The van der Waals surface area contributed by atoms with Gasteiger partial charge in [-0.3, -0.25) is 4.79 Å². The number of amides is 1. The molecule has 1 amide bonds. The van der Waals surface area contributed by atoms with Crippen LogP contribution in [-0.4, -0.2) is 50.3 Å². The third kappa shape index (κ3) is 3.29. The third-order valence-corrected chi connectivity index (χ3v) is 3.71. The van der Waals surface area contributed by atoms with Crippen LogP contribution in [0.25, 0.3) is 0 Å². The Labute approximate surface area is 125 Å². The van der Waals surface area contributed by atoms with Gasteiger partial charge in [0.15, 0.2) is 0 Å². The van der Waals surface area contributed by atoms with Crippen molar-refractivity contribution in [1.29, 1.82) is 0 Å². The fraction of sp³-hybridized carbons (Fsp3) is 0.562. The largest absolute Gasteiger partial charge is 0.496 e. The van der Waals surface area contributed by atoms with Crippen LogP contribution in [0.3, 0.4) is 0 Å². The number of methoxy groups -OCH3 is 2. The van der Waals surface area contributed by atoms with Crippen LogP contribution in [0.15, 0.2) is 12.1 Å². The summed E-state index contributed by atoms with van der Waals surface area (Å²) in [5.41, 5.74) is 1.47. The molecular weight excluding hydrogens is 270 g/mol. The van der Waals surface area contributed by atoms with Crippen molar-refractivity contribution < 1.29 is 19.0 Å². The molecule has 1 aliphatic rings. The fourth-order valence-electron chi connectivity index (χ4n) is 2.74. The maximum atomic E-state index is 12.7. The van der Waals surface area contributed by atoms with E-state index in [-0.39, 0.29) is 18.1 Å². The summed E-state index contributed by atoms with van der Waals surface area (Å²) in [4.78, 5) is 14.5. The predicted octanol–water partition coefficient (Wildman–Crippen LogP) is 2.26. The second-order valence-electron chi connectivity index (χ2n) is 5.47. The lowest BCUT2D eigenvalue weighted by molar-refractivity contribution is -0.0586. The first-order valence-corrected chi connectivity index (χ1v) is 7.13.